The van der Waals surface area contributed by atoms with Gasteiger partial charge in [-0.1, -0.05) is 50.6 Å². The van der Waals surface area contributed by atoms with E-state index in [1.165, 1.54) is 0 Å². The maximum absolute atomic E-state index is 12.7. The summed E-state index contributed by atoms with van der Waals surface area (Å²) in [7, 11) is 0. The van der Waals surface area contributed by atoms with Crippen LogP contribution in [0.4, 0.5) is 0 Å². The standard InChI is InChI=1S/C22H26ClN5O/c1-14-16(19(23)28(26-14)15-8-6-5-7-9-15)12-27-11-10-18-17(13-27)20(29)25-21(24-18)22(2,3)4/h5-9H,10-13H2,1-4H3,(H,24,25,29). The Morgan fingerprint density at radius 2 is 1.93 bits per heavy atom. The maximum atomic E-state index is 12.7. The van der Waals surface area contributed by atoms with E-state index < -0.39 is 0 Å². The SMILES string of the molecule is Cc1nn(-c2ccccc2)c(Cl)c1CN1CCc2nc(C(C)(C)C)[nH]c(=O)c2C1. The lowest BCUT2D eigenvalue weighted by atomic mass is 9.95. The molecule has 0 aliphatic carbocycles. The number of halogens is 1. The molecule has 1 N–H and O–H groups in total. The molecule has 7 heteroatoms. The van der Waals surface area contributed by atoms with Crippen LogP contribution in [0.15, 0.2) is 35.1 Å². The fraction of sp³-hybridized carbons (Fsp3) is 0.409. The Kier molecular flexibility index (Phi) is 5.09. The maximum Gasteiger partial charge on any atom is 0.255 e. The highest BCUT2D eigenvalue weighted by atomic mass is 35.5. The molecule has 4 rings (SSSR count). The highest BCUT2D eigenvalue weighted by Gasteiger charge is 2.26. The second-order valence-corrected chi connectivity index (χ2v) is 9.01. The topological polar surface area (TPSA) is 66.8 Å². The summed E-state index contributed by atoms with van der Waals surface area (Å²) >= 11 is 6.68. The molecule has 3 heterocycles. The van der Waals surface area contributed by atoms with Crippen LogP contribution in [0, 0.1) is 6.92 Å². The second-order valence-electron chi connectivity index (χ2n) is 8.65. The Morgan fingerprint density at radius 3 is 2.62 bits per heavy atom. The van der Waals surface area contributed by atoms with E-state index in [1.807, 2.05) is 37.3 Å². The van der Waals surface area contributed by atoms with E-state index >= 15 is 0 Å². The largest absolute Gasteiger partial charge is 0.310 e. The van der Waals surface area contributed by atoms with Crippen LogP contribution in [-0.4, -0.2) is 31.2 Å². The van der Waals surface area contributed by atoms with Crippen LogP contribution in [0.1, 0.15) is 49.1 Å². The van der Waals surface area contributed by atoms with Gasteiger partial charge in [0.2, 0.25) is 0 Å². The van der Waals surface area contributed by atoms with Crippen LogP contribution in [0.2, 0.25) is 5.15 Å². The zero-order chi connectivity index (χ0) is 20.8. The van der Waals surface area contributed by atoms with Crippen molar-refractivity contribution in [3.63, 3.8) is 0 Å². The fourth-order valence-electron chi connectivity index (χ4n) is 3.65. The molecule has 0 saturated heterocycles. The molecule has 1 aliphatic heterocycles. The average molecular weight is 412 g/mol. The molecule has 0 bridgehead atoms. The highest BCUT2D eigenvalue weighted by molar-refractivity contribution is 6.30. The number of aryl methyl sites for hydroxylation is 1. The lowest BCUT2D eigenvalue weighted by Crippen LogP contribution is -2.37. The first-order valence-electron chi connectivity index (χ1n) is 9.88. The van der Waals surface area contributed by atoms with Crippen LogP contribution in [0.5, 0.6) is 0 Å². The van der Waals surface area contributed by atoms with Crippen LogP contribution in [-0.2, 0) is 24.9 Å². The van der Waals surface area contributed by atoms with E-state index in [0.29, 0.717) is 18.2 Å². The van der Waals surface area contributed by atoms with E-state index in [9.17, 15) is 4.79 Å². The number of fused-ring (bicyclic) bond motifs is 1. The van der Waals surface area contributed by atoms with Crippen LogP contribution in [0.3, 0.4) is 0 Å². The molecular weight excluding hydrogens is 386 g/mol. The van der Waals surface area contributed by atoms with Crippen molar-refractivity contribution in [3.8, 4) is 5.69 Å². The smallest absolute Gasteiger partial charge is 0.255 e. The number of aromatic nitrogens is 4. The van der Waals surface area contributed by atoms with Crippen molar-refractivity contribution in [3.05, 3.63) is 74.2 Å². The number of nitrogens with one attached hydrogen (secondary N) is 1. The van der Waals surface area contributed by atoms with Crippen molar-refractivity contribution in [1.29, 1.82) is 0 Å². The molecule has 152 valence electrons. The molecule has 0 atom stereocenters. The molecule has 0 saturated carbocycles. The third kappa shape index (κ3) is 3.87. The van der Waals surface area contributed by atoms with E-state index in [1.54, 1.807) is 4.68 Å². The molecule has 0 unspecified atom stereocenters. The monoisotopic (exact) mass is 411 g/mol. The van der Waals surface area contributed by atoms with Gasteiger partial charge in [0.05, 0.1) is 22.6 Å². The third-order valence-corrected chi connectivity index (χ3v) is 5.75. The summed E-state index contributed by atoms with van der Waals surface area (Å²) < 4.78 is 1.77. The van der Waals surface area contributed by atoms with Crippen LogP contribution < -0.4 is 5.56 Å². The summed E-state index contributed by atoms with van der Waals surface area (Å²) in [5.41, 5.74) is 4.29. The predicted molar refractivity (Wildman–Crippen MR) is 115 cm³/mol. The van der Waals surface area contributed by atoms with Gasteiger partial charge < -0.3 is 4.98 Å². The van der Waals surface area contributed by atoms with Gasteiger partial charge in [-0.2, -0.15) is 5.10 Å². The number of aromatic amines is 1. The van der Waals surface area contributed by atoms with Crippen molar-refractivity contribution in [2.45, 2.75) is 52.6 Å². The lowest BCUT2D eigenvalue weighted by Gasteiger charge is -2.28. The lowest BCUT2D eigenvalue weighted by molar-refractivity contribution is 0.240. The first-order valence-corrected chi connectivity index (χ1v) is 10.3. The Hall–Kier alpha value is -2.44. The zero-order valence-electron chi connectivity index (χ0n) is 17.3. The van der Waals surface area contributed by atoms with Gasteiger partial charge in [0.1, 0.15) is 11.0 Å². The number of hydrogen-bond acceptors (Lipinski definition) is 4. The van der Waals surface area contributed by atoms with Crippen molar-refractivity contribution < 1.29 is 0 Å². The minimum Gasteiger partial charge on any atom is -0.310 e. The first kappa shape index (κ1) is 19.9. The van der Waals surface area contributed by atoms with Gasteiger partial charge in [-0.05, 0) is 19.1 Å². The third-order valence-electron chi connectivity index (χ3n) is 5.36. The fourth-order valence-corrected chi connectivity index (χ4v) is 3.98. The summed E-state index contributed by atoms with van der Waals surface area (Å²) in [6.07, 6.45) is 0.756. The van der Waals surface area contributed by atoms with Crippen LogP contribution >= 0.6 is 11.6 Å². The van der Waals surface area contributed by atoms with Gasteiger partial charge >= 0.3 is 0 Å². The summed E-state index contributed by atoms with van der Waals surface area (Å²) in [6, 6.07) is 9.87. The average Bonchev–Trinajstić information content (AvgIpc) is 2.96. The van der Waals surface area contributed by atoms with Crippen molar-refractivity contribution in [2.75, 3.05) is 6.54 Å². The summed E-state index contributed by atoms with van der Waals surface area (Å²) in [6.45, 7) is 10.2. The van der Waals surface area contributed by atoms with Gasteiger partial charge in [-0.15, -0.1) is 0 Å². The van der Waals surface area contributed by atoms with E-state index in [-0.39, 0.29) is 11.0 Å². The number of rotatable bonds is 3. The minimum absolute atomic E-state index is 0.0348. The molecule has 0 spiro atoms. The number of nitrogens with zero attached hydrogens (tertiary/aromatic N) is 4. The Labute approximate surface area is 175 Å². The van der Waals surface area contributed by atoms with Crippen molar-refractivity contribution in [2.24, 2.45) is 0 Å². The molecule has 2 aromatic heterocycles. The molecule has 0 amide bonds. The summed E-state index contributed by atoms with van der Waals surface area (Å²) in [4.78, 5) is 22.6. The second kappa shape index (κ2) is 7.43. The molecule has 0 radical (unpaired) electrons. The Balaban J connectivity index is 1.59. The summed E-state index contributed by atoms with van der Waals surface area (Å²) in [5.74, 6) is 0.748. The molecule has 1 aromatic carbocycles. The number of H-pyrrole nitrogens is 1. The highest BCUT2D eigenvalue weighted by Crippen LogP contribution is 2.27. The van der Waals surface area contributed by atoms with Gasteiger partial charge in [-0.3, -0.25) is 9.69 Å². The van der Waals surface area contributed by atoms with E-state index in [4.69, 9.17) is 16.6 Å². The number of para-hydroxylation sites is 1. The van der Waals surface area contributed by atoms with Crippen molar-refractivity contribution in [1.82, 2.24) is 24.6 Å². The van der Waals surface area contributed by atoms with Gasteiger partial charge in [-0.25, -0.2) is 9.67 Å². The predicted octanol–water partition coefficient (Wildman–Crippen LogP) is 3.77. The molecule has 0 fully saturated rings. The first-order chi connectivity index (χ1) is 13.7. The minimum atomic E-state index is -0.179. The zero-order valence-corrected chi connectivity index (χ0v) is 18.0. The number of benzene rings is 1. The quantitative estimate of drug-likeness (QED) is 0.712. The number of hydrogen-bond donors (Lipinski definition) is 1. The Bertz CT molecular complexity index is 1090. The van der Waals surface area contributed by atoms with Crippen LogP contribution in [0.25, 0.3) is 5.69 Å². The molecule has 29 heavy (non-hydrogen) atoms. The van der Waals surface area contributed by atoms with Crippen molar-refractivity contribution >= 4 is 11.6 Å². The van der Waals surface area contributed by atoms with Gasteiger partial charge in [0.25, 0.3) is 5.56 Å². The normalized spacial score (nSPS) is 14.8. The van der Waals surface area contributed by atoms with E-state index in [2.05, 4.69) is 35.8 Å². The van der Waals surface area contributed by atoms with E-state index in [0.717, 1.165) is 47.0 Å². The molecule has 1 aliphatic rings. The molecule has 3 aromatic rings. The van der Waals surface area contributed by atoms with Gasteiger partial charge in [0, 0.05) is 37.0 Å². The molecular formula is C22H26ClN5O. The summed E-state index contributed by atoms with van der Waals surface area (Å²) in [5, 5.41) is 5.24. The Morgan fingerprint density at radius 1 is 1.21 bits per heavy atom. The van der Waals surface area contributed by atoms with Gasteiger partial charge in [0.15, 0.2) is 0 Å². The molecule has 6 nitrogen and oxygen atoms in total.